The average molecular weight is 278 g/mol. The van der Waals surface area contributed by atoms with Gasteiger partial charge in [0.05, 0.1) is 12.5 Å². The molecule has 6 nitrogen and oxygen atoms in total. The standard InChI is InChI=1S/C14H18N2O4/c1-9(14(15)19)20-13(18)8-12(16-10(2)17)11-6-4-3-5-7-11/h3-7,9,12H,8H2,1-2H3,(H2,15,19)(H,16,17)/t9-,12+/m0/s1. The molecule has 0 spiro atoms. The Morgan fingerprint density at radius 2 is 1.85 bits per heavy atom. The Morgan fingerprint density at radius 3 is 2.35 bits per heavy atom. The summed E-state index contributed by atoms with van der Waals surface area (Å²) in [6.07, 6.45) is -1.06. The molecular weight excluding hydrogens is 260 g/mol. The van der Waals surface area contributed by atoms with Crippen molar-refractivity contribution in [3.63, 3.8) is 0 Å². The number of nitrogens with two attached hydrogens (primary N) is 1. The van der Waals surface area contributed by atoms with E-state index in [1.165, 1.54) is 13.8 Å². The molecule has 108 valence electrons. The lowest BCUT2D eigenvalue weighted by Gasteiger charge is -2.18. The van der Waals surface area contributed by atoms with Crippen LogP contribution in [0.3, 0.4) is 0 Å². The van der Waals surface area contributed by atoms with Crippen LogP contribution in [0.4, 0.5) is 0 Å². The van der Waals surface area contributed by atoms with Crippen molar-refractivity contribution in [1.82, 2.24) is 5.32 Å². The highest BCUT2D eigenvalue weighted by molar-refractivity contribution is 5.82. The molecule has 6 heteroatoms. The highest BCUT2D eigenvalue weighted by atomic mass is 16.5. The number of ether oxygens (including phenoxy) is 1. The molecule has 0 aliphatic carbocycles. The zero-order chi connectivity index (χ0) is 15.1. The van der Waals surface area contributed by atoms with Crippen LogP contribution < -0.4 is 11.1 Å². The van der Waals surface area contributed by atoms with Gasteiger partial charge in [-0.15, -0.1) is 0 Å². The maximum Gasteiger partial charge on any atom is 0.309 e. The van der Waals surface area contributed by atoms with Crippen molar-refractivity contribution in [1.29, 1.82) is 0 Å². The van der Waals surface area contributed by atoms with E-state index in [1.807, 2.05) is 18.2 Å². The predicted molar refractivity (Wildman–Crippen MR) is 72.4 cm³/mol. The van der Waals surface area contributed by atoms with Crippen LogP contribution in [0.2, 0.25) is 0 Å². The van der Waals surface area contributed by atoms with Gasteiger partial charge in [-0.2, -0.15) is 0 Å². The van der Waals surface area contributed by atoms with E-state index in [9.17, 15) is 14.4 Å². The molecule has 20 heavy (non-hydrogen) atoms. The number of benzene rings is 1. The van der Waals surface area contributed by atoms with Crippen molar-refractivity contribution < 1.29 is 19.1 Å². The summed E-state index contributed by atoms with van der Waals surface area (Å²) in [5, 5.41) is 2.67. The summed E-state index contributed by atoms with van der Waals surface area (Å²) in [6.45, 7) is 2.77. The molecule has 1 aromatic carbocycles. The Labute approximate surface area is 117 Å². The Morgan fingerprint density at radius 1 is 1.25 bits per heavy atom. The first-order chi connectivity index (χ1) is 9.40. The topological polar surface area (TPSA) is 98.5 Å². The van der Waals surface area contributed by atoms with Crippen LogP contribution in [-0.2, 0) is 19.1 Å². The monoisotopic (exact) mass is 278 g/mol. The molecule has 0 heterocycles. The van der Waals surface area contributed by atoms with E-state index in [4.69, 9.17) is 10.5 Å². The molecule has 0 unspecified atom stereocenters. The highest BCUT2D eigenvalue weighted by Gasteiger charge is 2.21. The molecular formula is C14H18N2O4. The quantitative estimate of drug-likeness (QED) is 0.747. The summed E-state index contributed by atoms with van der Waals surface area (Å²) < 4.78 is 4.88. The van der Waals surface area contributed by atoms with Gasteiger partial charge < -0.3 is 15.8 Å². The van der Waals surface area contributed by atoms with E-state index in [1.54, 1.807) is 12.1 Å². The second-order valence-electron chi connectivity index (χ2n) is 4.40. The van der Waals surface area contributed by atoms with Gasteiger partial charge in [-0.25, -0.2) is 0 Å². The number of hydrogen-bond donors (Lipinski definition) is 2. The fraction of sp³-hybridized carbons (Fsp3) is 0.357. The summed E-state index contributed by atoms with van der Waals surface area (Å²) in [4.78, 5) is 33.8. The molecule has 0 bridgehead atoms. The second-order valence-corrected chi connectivity index (χ2v) is 4.40. The van der Waals surface area contributed by atoms with Crippen LogP contribution in [0.15, 0.2) is 30.3 Å². The fourth-order valence-corrected chi connectivity index (χ4v) is 1.65. The summed E-state index contributed by atoms with van der Waals surface area (Å²) in [5.74, 6) is -1.57. The van der Waals surface area contributed by atoms with Gasteiger partial charge in [0.1, 0.15) is 0 Å². The molecule has 1 rings (SSSR count). The Bertz CT molecular complexity index is 487. The van der Waals surface area contributed by atoms with Gasteiger partial charge in [0.2, 0.25) is 5.91 Å². The molecule has 0 saturated heterocycles. The molecule has 2 amide bonds. The highest BCUT2D eigenvalue weighted by Crippen LogP contribution is 2.17. The number of carbonyl (C=O) groups excluding carboxylic acids is 3. The third-order valence-corrected chi connectivity index (χ3v) is 2.66. The minimum Gasteiger partial charge on any atom is -0.452 e. The van der Waals surface area contributed by atoms with Gasteiger partial charge in [0.25, 0.3) is 5.91 Å². The van der Waals surface area contributed by atoms with Crippen molar-refractivity contribution >= 4 is 17.8 Å². The van der Waals surface area contributed by atoms with Crippen molar-refractivity contribution in [2.45, 2.75) is 32.4 Å². The number of carbonyl (C=O) groups is 3. The van der Waals surface area contributed by atoms with Crippen LogP contribution in [0.5, 0.6) is 0 Å². The minimum atomic E-state index is -0.990. The summed E-state index contributed by atoms with van der Waals surface area (Å²) in [5.41, 5.74) is 5.80. The molecule has 0 aromatic heterocycles. The number of rotatable bonds is 6. The molecule has 0 radical (unpaired) electrons. The van der Waals surface area contributed by atoms with Gasteiger partial charge in [0.15, 0.2) is 6.10 Å². The number of esters is 1. The largest absolute Gasteiger partial charge is 0.452 e. The zero-order valence-electron chi connectivity index (χ0n) is 11.5. The number of primary amides is 1. The maximum atomic E-state index is 11.7. The molecule has 1 aromatic rings. The van der Waals surface area contributed by atoms with Gasteiger partial charge in [-0.3, -0.25) is 14.4 Å². The van der Waals surface area contributed by atoms with Gasteiger partial charge in [-0.05, 0) is 12.5 Å². The predicted octanol–water partition coefficient (Wildman–Crippen LogP) is 0.671. The number of hydrogen-bond acceptors (Lipinski definition) is 4. The van der Waals surface area contributed by atoms with Crippen LogP contribution in [-0.4, -0.2) is 23.9 Å². The lowest BCUT2D eigenvalue weighted by molar-refractivity contribution is -0.154. The van der Waals surface area contributed by atoms with Crippen LogP contribution in [0.1, 0.15) is 31.9 Å². The van der Waals surface area contributed by atoms with Crippen LogP contribution >= 0.6 is 0 Å². The Kier molecular flexibility index (Phi) is 5.71. The summed E-state index contributed by atoms with van der Waals surface area (Å²) in [7, 11) is 0. The summed E-state index contributed by atoms with van der Waals surface area (Å²) in [6, 6.07) is 8.54. The van der Waals surface area contributed by atoms with Crippen molar-refractivity contribution in [2.24, 2.45) is 5.73 Å². The maximum absolute atomic E-state index is 11.7. The van der Waals surface area contributed by atoms with Crippen LogP contribution in [0, 0.1) is 0 Å². The van der Waals surface area contributed by atoms with E-state index in [-0.39, 0.29) is 12.3 Å². The minimum absolute atomic E-state index is 0.0682. The van der Waals surface area contributed by atoms with Crippen molar-refractivity contribution in [3.8, 4) is 0 Å². The van der Waals surface area contributed by atoms with Crippen molar-refractivity contribution in [3.05, 3.63) is 35.9 Å². The van der Waals surface area contributed by atoms with Crippen LogP contribution in [0.25, 0.3) is 0 Å². The van der Waals surface area contributed by atoms with E-state index in [2.05, 4.69) is 5.32 Å². The fourth-order valence-electron chi connectivity index (χ4n) is 1.65. The van der Waals surface area contributed by atoms with E-state index in [0.29, 0.717) is 0 Å². The third kappa shape index (κ3) is 5.09. The third-order valence-electron chi connectivity index (χ3n) is 2.66. The first-order valence-corrected chi connectivity index (χ1v) is 6.21. The zero-order valence-corrected chi connectivity index (χ0v) is 11.5. The first-order valence-electron chi connectivity index (χ1n) is 6.21. The van der Waals surface area contributed by atoms with Gasteiger partial charge in [0, 0.05) is 6.92 Å². The smallest absolute Gasteiger partial charge is 0.309 e. The van der Waals surface area contributed by atoms with E-state index >= 15 is 0 Å². The lowest BCUT2D eigenvalue weighted by atomic mass is 10.0. The molecule has 0 saturated carbocycles. The Balaban J connectivity index is 2.73. The normalized spacial score (nSPS) is 13.1. The SMILES string of the molecule is CC(=O)N[C@H](CC(=O)O[C@@H](C)C(N)=O)c1ccccc1. The second kappa shape index (κ2) is 7.28. The first kappa shape index (κ1) is 15.7. The van der Waals surface area contributed by atoms with Crippen molar-refractivity contribution in [2.75, 3.05) is 0 Å². The number of nitrogens with one attached hydrogen (secondary N) is 1. The Hall–Kier alpha value is -2.37. The molecule has 0 aliphatic heterocycles. The van der Waals surface area contributed by atoms with E-state index < -0.39 is 24.0 Å². The summed E-state index contributed by atoms with van der Waals surface area (Å²) >= 11 is 0. The molecule has 2 atom stereocenters. The molecule has 3 N–H and O–H groups in total. The molecule has 0 fully saturated rings. The lowest BCUT2D eigenvalue weighted by Crippen LogP contribution is -2.33. The molecule has 0 aliphatic rings. The van der Waals surface area contributed by atoms with Gasteiger partial charge in [-0.1, -0.05) is 30.3 Å². The van der Waals surface area contributed by atoms with E-state index in [0.717, 1.165) is 5.56 Å². The van der Waals surface area contributed by atoms with Gasteiger partial charge >= 0.3 is 5.97 Å². The number of amides is 2. The average Bonchev–Trinajstić information content (AvgIpc) is 2.38.